The molecule has 0 spiro atoms. The highest BCUT2D eigenvalue weighted by Gasteiger charge is 2.48. The minimum atomic E-state index is -1.44. The molecule has 32 heteroatoms. The van der Waals surface area contributed by atoms with Gasteiger partial charge in [-0.2, -0.15) is 0 Å². The number of ether oxygens (including phenoxy) is 6. The largest absolute Gasteiger partial charge is 0.394 e. The molecule has 0 aromatic heterocycles. The number of hydrogen-bond donors (Lipinski definition) is 17. The second-order valence-electron chi connectivity index (χ2n) is 22.9. The van der Waals surface area contributed by atoms with E-state index in [2.05, 4.69) is 40.7 Å². The maximum atomic E-state index is 13.7. The van der Waals surface area contributed by atoms with Gasteiger partial charge in [0.15, 0.2) is 18.9 Å². The summed E-state index contributed by atoms with van der Waals surface area (Å²) in [7, 11) is 0. The van der Waals surface area contributed by atoms with Crippen LogP contribution in [0.3, 0.4) is 0 Å². The Morgan fingerprint density at radius 3 is 0.966 bits per heavy atom. The lowest BCUT2D eigenvalue weighted by atomic mass is 9.82. The van der Waals surface area contributed by atoms with Crippen molar-refractivity contribution in [2.75, 3.05) is 59.3 Å². The van der Waals surface area contributed by atoms with Crippen LogP contribution in [0.15, 0.2) is 0 Å². The summed E-state index contributed by atoms with van der Waals surface area (Å²) in [4.78, 5) is 102. The standard InChI is InChI=1S/C57H101IN8O23/c1-34(70)62-45-51(81)48(78)37(31-67)87-54(45)84-28-13-7-4-10-25-59-40(73)19-22-57(65-43(76)17-16-18-44(77)66-58,23-20-41(74)60-26-11-5-8-14-29-85-55-46(63-35(2)71)52(82)49(79)38(32-68)88-55)24-21-42(75)61-27-12-6-9-15-30-86-56-47(64-36(3)72)53(83)50(80)39(33-69)89-56/h37-39,45-56,67-69,78-83H,4-33H2,1-3H3,(H,59,73)(H,60,74)(H,61,75)(H,62,70)(H,63,71)(H,64,72)(H,65,76)(H,66,77). The predicted molar refractivity (Wildman–Crippen MR) is 323 cm³/mol. The summed E-state index contributed by atoms with van der Waals surface area (Å²) >= 11 is 1.71. The average molecular weight is 1390 g/mol. The van der Waals surface area contributed by atoms with Crippen LogP contribution in [0.1, 0.15) is 156 Å². The predicted octanol–water partition coefficient (Wildman–Crippen LogP) is -3.27. The number of carbonyl (C=O) groups excluding carboxylic acids is 8. The smallest absolute Gasteiger partial charge is 0.228 e. The quantitative estimate of drug-likeness (QED) is 0.0162. The third-order valence-corrected chi connectivity index (χ3v) is 16.2. The van der Waals surface area contributed by atoms with Gasteiger partial charge in [-0.1, -0.05) is 38.5 Å². The Kier molecular flexibility index (Phi) is 38.8. The summed E-state index contributed by atoms with van der Waals surface area (Å²) in [6.07, 6.45) is -7.74. The molecule has 8 amide bonds. The lowest BCUT2D eigenvalue weighted by molar-refractivity contribution is -0.270. The van der Waals surface area contributed by atoms with Crippen molar-refractivity contribution in [3.8, 4) is 0 Å². The summed E-state index contributed by atoms with van der Waals surface area (Å²) in [6, 6.07) is -3.19. The molecule has 3 saturated heterocycles. The second kappa shape index (κ2) is 43.7. The van der Waals surface area contributed by atoms with Crippen molar-refractivity contribution in [2.24, 2.45) is 0 Å². The van der Waals surface area contributed by atoms with Gasteiger partial charge in [-0.05, 0) is 64.2 Å². The number of rotatable bonds is 44. The van der Waals surface area contributed by atoms with Gasteiger partial charge in [-0.3, -0.25) is 41.9 Å². The van der Waals surface area contributed by atoms with E-state index in [1.54, 1.807) is 22.9 Å². The van der Waals surface area contributed by atoms with Gasteiger partial charge in [0.2, 0.25) is 47.3 Å². The Morgan fingerprint density at radius 2 is 0.685 bits per heavy atom. The van der Waals surface area contributed by atoms with Crippen LogP contribution in [-0.4, -0.2) is 250 Å². The first-order valence-corrected chi connectivity index (χ1v) is 32.1. The van der Waals surface area contributed by atoms with Gasteiger partial charge in [-0.15, -0.1) is 0 Å². The first-order valence-electron chi connectivity index (χ1n) is 31.0. The lowest BCUT2D eigenvalue weighted by Gasteiger charge is -2.42. The molecule has 89 heavy (non-hydrogen) atoms. The van der Waals surface area contributed by atoms with Crippen LogP contribution in [0, 0.1) is 0 Å². The van der Waals surface area contributed by atoms with Crippen molar-refractivity contribution in [3.63, 3.8) is 0 Å². The molecule has 3 aliphatic rings. The Morgan fingerprint density at radius 1 is 0.393 bits per heavy atom. The van der Waals surface area contributed by atoms with Gasteiger partial charge in [0.1, 0.15) is 73.1 Å². The molecule has 3 rings (SSSR count). The van der Waals surface area contributed by atoms with Crippen LogP contribution in [0.5, 0.6) is 0 Å². The van der Waals surface area contributed by atoms with Crippen LogP contribution in [-0.2, 0) is 66.8 Å². The van der Waals surface area contributed by atoms with E-state index >= 15 is 0 Å². The van der Waals surface area contributed by atoms with E-state index in [9.17, 15) is 84.3 Å². The molecule has 3 heterocycles. The fourth-order valence-corrected chi connectivity index (χ4v) is 10.8. The molecule has 514 valence electrons. The van der Waals surface area contributed by atoms with Gasteiger partial charge in [-0.25, -0.2) is 0 Å². The van der Waals surface area contributed by atoms with E-state index in [0.29, 0.717) is 96.7 Å². The van der Waals surface area contributed by atoms with Gasteiger partial charge in [0.05, 0.1) is 42.7 Å². The maximum absolute atomic E-state index is 13.7. The zero-order chi connectivity index (χ0) is 65.9. The number of unbranched alkanes of at least 4 members (excludes halogenated alkanes) is 9. The molecule has 3 fully saturated rings. The van der Waals surface area contributed by atoms with Gasteiger partial charge >= 0.3 is 0 Å². The molecular formula is C57H101IN8O23. The molecule has 0 saturated carbocycles. The highest BCUT2D eigenvalue weighted by molar-refractivity contribution is 14.1. The minimum Gasteiger partial charge on any atom is -0.394 e. The second-order valence-corrected chi connectivity index (χ2v) is 23.4. The van der Waals surface area contributed by atoms with Crippen LogP contribution in [0.2, 0.25) is 0 Å². The molecule has 31 nitrogen and oxygen atoms in total. The number of halogens is 1. The summed E-state index contributed by atoms with van der Waals surface area (Å²) < 4.78 is 36.7. The monoisotopic (exact) mass is 1390 g/mol. The maximum Gasteiger partial charge on any atom is 0.228 e. The van der Waals surface area contributed by atoms with Crippen LogP contribution in [0.25, 0.3) is 0 Å². The van der Waals surface area contributed by atoms with E-state index in [4.69, 9.17) is 28.4 Å². The molecule has 15 atom stereocenters. The molecule has 0 aromatic carbocycles. The van der Waals surface area contributed by atoms with Crippen LogP contribution in [0.4, 0.5) is 0 Å². The summed E-state index contributed by atoms with van der Waals surface area (Å²) in [6.45, 7) is 3.44. The highest BCUT2D eigenvalue weighted by Crippen LogP contribution is 2.29. The van der Waals surface area contributed by atoms with Crippen molar-refractivity contribution >= 4 is 70.1 Å². The van der Waals surface area contributed by atoms with Crippen molar-refractivity contribution in [1.82, 2.24) is 40.7 Å². The minimum absolute atomic E-state index is 0.0506. The fraction of sp³-hybridized carbons (Fsp3) is 0.860. The van der Waals surface area contributed by atoms with Gasteiger partial charge in [0.25, 0.3) is 0 Å². The lowest BCUT2D eigenvalue weighted by Crippen LogP contribution is -2.64. The molecule has 17 N–H and O–H groups in total. The number of nitrogens with one attached hydrogen (secondary N) is 8. The molecule has 0 radical (unpaired) electrons. The Balaban J connectivity index is 1.59. The molecule has 0 bridgehead atoms. The topological polar surface area (TPSA) is 470 Å². The van der Waals surface area contributed by atoms with Crippen molar-refractivity contribution in [3.05, 3.63) is 0 Å². The van der Waals surface area contributed by atoms with Crippen LogP contribution < -0.4 is 40.7 Å². The van der Waals surface area contributed by atoms with E-state index in [1.807, 2.05) is 0 Å². The van der Waals surface area contributed by atoms with Crippen LogP contribution >= 0.6 is 22.9 Å². The third-order valence-electron chi connectivity index (χ3n) is 15.6. The molecule has 3 aliphatic heterocycles. The SMILES string of the molecule is CC(=O)NC1C(OCCCCCCNC(=O)CCC(CCC(=O)NCCCCCCOC2OC(CO)C(O)C(O)C2NC(C)=O)(CCC(=O)NCCCCCCOC2OC(CO)C(O)C(O)C2NC(C)=O)NC(=O)CCCC(=O)NI)OC(CO)C(O)C1O. The molecule has 0 aromatic rings. The highest BCUT2D eigenvalue weighted by atomic mass is 127. The molecule has 0 aliphatic carbocycles. The molecular weight excluding hydrogens is 1290 g/mol. The third kappa shape index (κ3) is 29.6. The Hall–Kier alpha value is -4.11. The number of aliphatic hydroxyl groups excluding tert-OH is 9. The number of amides is 8. The van der Waals surface area contributed by atoms with E-state index in [1.165, 1.54) is 20.8 Å². The Labute approximate surface area is 533 Å². The summed E-state index contributed by atoms with van der Waals surface area (Å²) in [5, 5.41) is 111. The van der Waals surface area contributed by atoms with Crippen molar-refractivity contribution in [2.45, 2.75) is 253 Å². The average Bonchev–Trinajstić information content (AvgIpc) is 1.38. The number of hydrogen-bond acceptors (Lipinski definition) is 23. The van der Waals surface area contributed by atoms with Gasteiger partial charge in [0, 0.05) is 97.9 Å². The normalized spacial score (nSPS) is 27.5. The van der Waals surface area contributed by atoms with E-state index in [0.717, 1.165) is 0 Å². The van der Waals surface area contributed by atoms with Crippen molar-refractivity contribution < 1.29 is 113 Å². The zero-order valence-corrected chi connectivity index (χ0v) is 53.6. The van der Waals surface area contributed by atoms with Crippen molar-refractivity contribution in [1.29, 1.82) is 0 Å². The fourth-order valence-electron chi connectivity index (χ4n) is 10.6. The Bertz CT molecular complexity index is 1930. The van der Waals surface area contributed by atoms with Gasteiger partial charge < -0.3 is 112 Å². The first kappa shape index (κ1) is 79.1. The summed E-state index contributed by atoms with van der Waals surface area (Å²) in [5.74, 6) is -3.12. The van der Waals surface area contributed by atoms with E-state index in [-0.39, 0.29) is 101 Å². The number of aliphatic hydroxyl groups is 9. The van der Waals surface area contributed by atoms with E-state index < -0.39 is 141 Å². The summed E-state index contributed by atoms with van der Waals surface area (Å²) in [5.41, 5.74) is -1.22. The zero-order valence-electron chi connectivity index (χ0n) is 51.5. The number of carbonyl (C=O) groups is 8. The molecule has 15 unspecified atom stereocenters. The first-order chi connectivity index (χ1) is 42.5.